The Balaban J connectivity index is 2.09. The predicted octanol–water partition coefficient (Wildman–Crippen LogP) is 1.44. The maximum Gasteiger partial charge on any atom is 0.303 e. The van der Waals surface area contributed by atoms with E-state index in [0.29, 0.717) is 18.9 Å². The largest absolute Gasteiger partial charge is 0.481 e. The summed E-state index contributed by atoms with van der Waals surface area (Å²) in [5.74, 6) is -0.0534. The van der Waals surface area contributed by atoms with E-state index >= 15 is 0 Å². The summed E-state index contributed by atoms with van der Waals surface area (Å²) in [5, 5.41) is 17.5. The van der Waals surface area contributed by atoms with Gasteiger partial charge in [0.1, 0.15) is 0 Å². The van der Waals surface area contributed by atoms with Crippen LogP contribution in [0.5, 0.6) is 0 Å². The predicted molar refractivity (Wildman–Crippen MR) is 60.1 cm³/mol. The quantitative estimate of drug-likeness (QED) is 0.511. The Hall–Kier alpha value is -0.870. The molecule has 0 radical (unpaired) electrons. The van der Waals surface area contributed by atoms with Crippen molar-refractivity contribution >= 4 is 5.97 Å². The van der Waals surface area contributed by atoms with Crippen LogP contribution in [0.3, 0.4) is 0 Å². The lowest BCUT2D eigenvalue weighted by Crippen LogP contribution is -2.15. The van der Waals surface area contributed by atoms with Crippen molar-refractivity contribution in [2.75, 3.05) is 19.8 Å². The second kappa shape index (κ2) is 7.41. The monoisotopic (exact) mass is 228 g/mol. The molecule has 0 spiro atoms. The molecule has 4 nitrogen and oxygen atoms in total. The van der Waals surface area contributed by atoms with E-state index in [4.69, 9.17) is 14.9 Å². The van der Waals surface area contributed by atoms with Crippen molar-refractivity contribution in [1.29, 1.82) is 0 Å². The number of aliphatic carboxylic acids is 1. The van der Waals surface area contributed by atoms with Gasteiger partial charge in [-0.25, -0.2) is 0 Å². The van der Waals surface area contributed by atoms with Crippen LogP contribution in [-0.4, -0.2) is 36.0 Å². The molecule has 0 aliphatic carbocycles. The summed E-state index contributed by atoms with van der Waals surface area (Å²) < 4.78 is 5.30. The third-order valence-corrected chi connectivity index (χ3v) is 2.93. The van der Waals surface area contributed by atoms with Crippen molar-refractivity contribution in [2.45, 2.75) is 25.7 Å². The van der Waals surface area contributed by atoms with Crippen molar-refractivity contribution in [3.05, 3.63) is 12.2 Å². The number of carboxylic acid groups (broad SMARTS) is 1. The number of hydrogen-bond donors (Lipinski definition) is 2. The van der Waals surface area contributed by atoms with Gasteiger partial charge in [-0.3, -0.25) is 4.79 Å². The van der Waals surface area contributed by atoms with Crippen LogP contribution in [0.1, 0.15) is 25.7 Å². The van der Waals surface area contributed by atoms with Crippen molar-refractivity contribution in [3.8, 4) is 0 Å². The van der Waals surface area contributed by atoms with Crippen molar-refractivity contribution < 1.29 is 19.7 Å². The normalized spacial score (nSPS) is 25.3. The fraction of sp³-hybridized carbons (Fsp3) is 0.750. The Kier molecular flexibility index (Phi) is 6.11. The number of ether oxygens (including phenoxy) is 1. The molecule has 0 aromatic carbocycles. The summed E-state index contributed by atoms with van der Waals surface area (Å²) in [5.41, 5.74) is 0. The minimum Gasteiger partial charge on any atom is -0.481 e. The van der Waals surface area contributed by atoms with Gasteiger partial charge in [-0.1, -0.05) is 12.2 Å². The van der Waals surface area contributed by atoms with Crippen LogP contribution in [0.15, 0.2) is 12.2 Å². The number of allylic oxidation sites excluding steroid dienone is 2. The van der Waals surface area contributed by atoms with Crippen molar-refractivity contribution in [1.82, 2.24) is 0 Å². The molecule has 0 aromatic rings. The first-order chi connectivity index (χ1) is 7.74. The number of aliphatic hydroxyl groups is 1. The highest BCUT2D eigenvalue weighted by Gasteiger charge is 2.26. The fourth-order valence-electron chi connectivity index (χ4n) is 1.87. The van der Waals surface area contributed by atoms with Gasteiger partial charge in [0.2, 0.25) is 0 Å². The first-order valence-electron chi connectivity index (χ1n) is 5.79. The summed E-state index contributed by atoms with van der Waals surface area (Å²) in [4.78, 5) is 10.3. The molecule has 0 unspecified atom stereocenters. The van der Waals surface area contributed by atoms with Gasteiger partial charge in [0, 0.05) is 18.9 Å². The second-order valence-electron chi connectivity index (χ2n) is 4.23. The van der Waals surface area contributed by atoms with Crippen LogP contribution in [0.25, 0.3) is 0 Å². The molecular weight excluding hydrogens is 208 g/mol. The van der Waals surface area contributed by atoms with E-state index in [-0.39, 0.29) is 18.9 Å². The molecule has 0 bridgehead atoms. The Bertz CT molecular complexity index is 237. The minimum absolute atomic E-state index is 0.192. The average Bonchev–Trinajstić information content (AvgIpc) is 2.70. The number of carboxylic acids is 1. The zero-order valence-electron chi connectivity index (χ0n) is 9.47. The van der Waals surface area contributed by atoms with E-state index in [9.17, 15) is 4.79 Å². The highest BCUT2D eigenvalue weighted by Crippen LogP contribution is 2.23. The molecule has 2 N–H and O–H groups in total. The Labute approximate surface area is 95.9 Å². The van der Waals surface area contributed by atoms with E-state index in [2.05, 4.69) is 6.08 Å². The van der Waals surface area contributed by atoms with Crippen LogP contribution in [0.2, 0.25) is 0 Å². The van der Waals surface area contributed by atoms with Crippen LogP contribution < -0.4 is 0 Å². The standard InChI is InChI=1S/C12H20O4/c13-7-11-9-16-8-10(11)5-3-1-2-4-6-12(14)15/h1,3,10-11,13H,2,4-9H2,(H,14,15)/t10-,11-/m0/s1. The molecule has 2 atom stereocenters. The van der Waals surface area contributed by atoms with Crippen molar-refractivity contribution in [3.63, 3.8) is 0 Å². The molecule has 1 saturated heterocycles. The third-order valence-electron chi connectivity index (χ3n) is 2.93. The maximum absolute atomic E-state index is 10.3. The Morgan fingerprint density at radius 1 is 1.31 bits per heavy atom. The lowest BCUT2D eigenvalue weighted by Gasteiger charge is -2.11. The topological polar surface area (TPSA) is 66.8 Å². The first-order valence-corrected chi connectivity index (χ1v) is 5.79. The second-order valence-corrected chi connectivity index (χ2v) is 4.23. The summed E-state index contributed by atoms with van der Waals surface area (Å²) in [7, 11) is 0. The summed E-state index contributed by atoms with van der Waals surface area (Å²) in [6.07, 6.45) is 6.74. The number of rotatable bonds is 7. The van der Waals surface area contributed by atoms with Crippen LogP contribution in [-0.2, 0) is 9.53 Å². The van der Waals surface area contributed by atoms with Crippen LogP contribution in [0, 0.1) is 11.8 Å². The summed E-state index contributed by atoms with van der Waals surface area (Å²) in [6, 6.07) is 0. The van der Waals surface area contributed by atoms with E-state index in [0.717, 1.165) is 19.4 Å². The smallest absolute Gasteiger partial charge is 0.303 e. The third kappa shape index (κ3) is 4.77. The lowest BCUT2D eigenvalue weighted by molar-refractivity contribution is -0.137. The minimum atomic E-state index is -0.738. The van der Waals surface area contributed by atoms with Crippen LogP contribution in [0.4, 0.5) is 0 Å². The number of unbranched alkanes of at least 4 members (excludes halogenated alkanes) is 1. The molecule has 1 heterocycles. The van der Waals surface area contributed by atoms with Gasteiger partial charge in [-0.15, -0.1) is 0 Å². The number of carbonyl (C=O) groups is 1. The highest BCUT2D eigenvalue weighted by atomic mass is 16.5. The Morgan fingerprint density at radius 3 is 2.75 bits per heavy atom. The van der Waals surface area contributed by atoms with Gasteiger partial charge < -0.3 is 14.9 Å². The zero-order chi connectivity index (χ0) is 11.8. The van der Waals surface area contributed by atoms with E-state index in [1.807, 2.05) is 6.08 Å². The van der Waals surface area contributed by atoms with Crippen LogP contribution >= 0.6 is 0 Å². The highest BCUT2D eigenvalue weighted by molar-refractivity contribution is 5.66. The van der Waals surface area contributed by atoms with E-state index in [1.165, 1.54) is 0 Å². The fourth-order valence-corrected chi connectivity index (χ4v) is 1.87. The molecule has 0 saturated carbocycles. The number of hydrogen-bond acceptors (Lipinski definition) is 3. The average molecular weight is 228 g/mol. The van der Waals surface area contributed by atoms with Gasteiger partial charge in [-0.2, -0.15) is 0 Å². The van der Waals surface area contributed by atoms with E-state index in [1.54, 1.807) is 0 Å². The van der Waals surface area contributed by atoms with Gasteiger partial charge in [-0.05, 0) is 25.2 Å². The van der Waals surface area contributed by atoms with E-state index < -0.39 is 5.97 Å². The molecule has 1 aliphatic rings. The summed E-state index contributed by atoms with van der Waals surface area (Å²) >= 11 is 0. The molecule has 1 fully saturated rings. The molecule has 0 amide bonds. The maximum atomic E-state index is 10.3. The Morgan fingerprint density at radius 2 is 2.06 bits per heavy atom. The van der Waals surface area contributed by atoms with Gasteiger partial charge >= 0.3 is 5.97 Å². The molecule has 0 aromatic heterocycles. The van der Waals surface area contributed by atoms with Gasteiger partial charge in [0.15, 0.2) is 0 Å². The molecule has 4 heteroatoms. The lowest BCUT2D eigenvalue weighted by atomic mass is 9.93. The molecule has 92 valence electrons. The number of aliphatic hydroxyl groups excluding tert-OH is 1. The zero-order valence-corrected chi connectivity index (χ0v) is 9.47. The molecular formula is C12H20O4. The molecule has 16 heavy (non-hydrogen) atoms. The molecule has 1 rings (SSSR count). The van der Waals surface area contributed by atoms with Gasteiger partial charge in [0.25, 0.3) is 0 Å². The first kappa shape index (κ1) is 13.2. The molecule has 1 aliphatic heterocycles. The van der Waals surface area contributed by atoms with Gasteiger partial charge in [0.05, 0.1) is 13.2 Å². The SMILES string of the molecule is O=C(O)CCCC=CC[C@H]1COC[C@@H]1CO. The summed E-state index contributed by atoms with van der Waals surface area (Å²) in [6.45, 7) is 1.58. The van der Waals surface area contributed by atoms with Crippen molar-refractivity contribution in [2.24, 2.45) is 11.8 Å².